The number of nitrogens with zero attached hydrogens (tertiary/aromatic N) is 6. The third kappa shape index (κ3) is 4.75. The Kier molecular flexibility index (Phi) is 6.83. The van der Waals surface area contributed by atoms with Crippen LogP contribution in [0.15, 0.2) is 53.8 Å². The van der Waals surface area contributed by atoms with Crippen molar-refractivity contribution in [3.05, 3.63) is 70.5 Å². The number of piperidine rings is 1. The van der Waals surface area contributed by atoms with Crippen molar-refractivity contribution in [3.63, 3.8) is 0 Å². The molecule has 1 aromatic carbocycles. The zero-order valence-electron chi connectivity index (χ0n) is 23.4. The van der Waals surface area contributed by atoms with Gasteiger partial charge in [0.2, 0.25) is 5.91 Å². The molecule has 1 amide bonds. The van der Waals surface area contributed by atoms with Gasteiger partial charge in [0, 0.05) is 56.6 Å². The molecule has 3 aromatic heterocycles. The lowest BCUT2D eigenvalue weighted by Crippen LogP contribution is -2.49. The first-order valence-corrected chi connectivity index (χ1v) is 14.1. The Hall–Kier alpha value is -3.76. The van der Waals surface area contributed by atoms with Crippen molar-refractivity contribution in [2.75, 3.05) is 20.1 Å². The minimum atomic E-state index is -1.09. The number of aliphatic hydroxyl groups is 1. The summed E-state index contributed by atoms with van der Waals surface area (Å²) >= 11 is 0. The van der Waals surface area contributed by atoms with Gasteiger partial charge in [0.05, 0.1) is 24.2 Å². The highest BCUT2D eigenvalue weighted by Crippen LogP contribution is 2.35. The molecule has 2 atom stereocenters. The molecule has 1 aliphatic carbocycles. The summed E-state index contributed by atoms with van der Waals surface area (Å²) in [6.07, 6.45) is 8.75. The number of hydrogen-bond acceptors (Lipinski definition) is 6. The summed E-state index contributed by atoms with van der Waals surface area (Å²) in [5.41, 5.74) is 3.94. The first-order chi connectivity index (χ1) is 19.3. The Bertz CT molecular complexity index is 1600. The van der Waals surface area contributed by atoms with Crippen LogP contribution in [0.5, 0.6) is 0 Å². The highest BCUT2D eigenvalue weighted by molar-refractivity contribution is 5.89. The van der Waals surface area contributed by atoms with Gasteiger partial charge in [0.15, 0.2) is 5.52 Å². The first-order valence-electron chi connectivity index (χ1n) is 14.1. The third-order valence-electron chi connectivity index (χ3n) is 8.77. The molecule has 2 unspecified atom stereocenters. The Morgan fingerprint density at radius 1 is 1.20 bits per heavy atom. The minimum Gasteiger partial charge on any atom is -0.388 e. The van der Waals surface area contributed by atoms with Crippen LogP contribution in [0.1, 0.15) is 55.8 Å². The molecule has 0 radical (unpaired) electrons. The van der Waals surface area contributed by atoms with E-state index in [9.17, 15) is 14.7 Å². The number of likely N-dealkylation sites (tertiary alicyclic amines) is 1. The predicted molar refractivity (Wildman–Crippen MR) is 153 cm³/mol. The smallest absolute Gasteiger partial charge is 0.281 e. The number of amides is 1. The highest BCUT2D eigenvalue weighted by Gasteiger charge is 2.35. The average Bonchev–Trinajstić information content (AvgIpc) is 3.69. The molecule has 210 valence electrons. The second kappa shape index (κ2) is 10.3. The van der Waals surface area contributed by atoms with E-state index in [0.29, 0.717) is 49.4 Å². The van der Waals surface area contributed by atoms with Crippen LogP contribution in [0.4, 0.5) is 0 Å². The van der Waals surface area contributed by atoms with Crippen molar-refractivity contribution in [3.8, 4) is 11.3 Å². The number of hydrogen-bond donors (Lipinski definition) is 2. The second-order valence-electron chi connectivity index (χ2n) is 11.4. The van der Waals surface area contributed by atoms with Crippen LogP contribution >= 0.6 is 0 Å². The quantitative estimate of drug-likeness (QED) is 0.371. The Morgan fingerprint density at radius 2 is 1.95 bits per heavy atom. The molecule has 0 spiro atoms. The summed E-state index contributed by atoms with van der Waals surface area (Å²) in [5.74, 6) is 0.0811. The molecule has 10 heteroatoms. The van der Waals surface area contributed by atoms with E-state index < -0.39 is 5.60 Å². The van der Waals surface area contributed by atoms with Crippen LogP contribution in [0.3, 0.4) is 0 Å². The maximum Gasteiger partial charge on any atom is 0.281 e. The fourth-order valence-corrected chi connectivity index (χ4v) is 6.37. The van der Waals surface area contributed by atoms with Gasteiger partial charge in [-0.05, 0) is 69.0 Å². The van der Waals surface area contributed by atoms with Gasteiger partial charge in [-0.2, -0.15) is 5.10 Å². The summed E-state index contributed by atoms with van der Waals surface area (Å²) in [6, 6.07) is 10.8. The first kappa shape index (κ1) is 26.5. The average molecular weight is 544 g/mol. The van der Waals surface area contributed by atoms with E-state index in [1.165, 1.54) is 22.0 Å². The number of nitrogens with one attached hydrogen (secondary N) is 1. The maximum atomic E-state index is 13.5. The Labute approximate surface area is 233 Å². The van der Waals surface area contributed by atoms with Gasteiger partial charge in [-0.3, -0.25) is 18.8 Å². The molecule has 2 aliphatic rings. The van der Waals surface area contributed by atoms with Crippen LogP contribution in [0, 0.1) is 0 Å². The van der Waals surface area contributed by atoms with E-state index in [0.717, 1.165) is 24.1 Å². The van der Waals surface area contributed by atoms with Crippen molar-refractivity contribution < 1.29 is 9.90 Å². The molecule has 2 N–H and O–H groups in total. The van der Waals surface area contributed by atoms with Gasteiger partial charge >= 0.3 is 0 Å². The van der Waals surface area contributed by atoms with E-state index in [4.69, 9.17) is 0 Å². The molecular weight excluding hydrogens is 506 g/mol. The number of carbonyl (C=O) groups excluding carboxylic acids is 1. The Balaban J connectivity index is 1.17. The van der Waals surface area contributed by atoms with Gasteiger partial charge < -0.3 is 19.9 Å². The Morgan fingerprint density at radius 3 is 2.67 bits per heavy atom. The monoisotopic (exact) mass is 543 g/mol. The molecule has 4 aromatic rings. The molecule has 10 nitrogen and oxygen atoms in total. The fourth-order valence-electron chi connectivity index (χ4n) is 6.37. The third-order valence-corrected chi connectivity index (χ3v) is 8.77. The summed E-state index contributed by atoms with van der Waals surface area (Å²) in [6.45, 7) is 3.06. The summed E-state index contributed by atoms with van der Waals surface area (Å²) in [7, 11) is 3.82. The summed E-state index contributed by atoms with van der Waals surface area (Å²) < 4.78 is 5.22. The van der Waals surface area contributed by atoms with Crippen LogP contribution in [0.2, 0.25) is 0 Å². The van der Waals surface area contributed by atoms with Crippen LogP contribution < -0.4 is 10.9 Å². The standard InChI is InChI=1S/C30H37N7O3/c1-20(35-12-4-5-13-35)16-25(38)36-14-10-30(40,11-15-36)18-37-19-32-26-27(29(37)39)33-34(3)28(26)22-6-8-23-21(17-22)7-9-24(23)31-2/h4-6,8,12-13,17,19-20,24,31,40H,7,9-11,14-16,18H2,1-3H3. The van der Waals surface area contributed by atoms with Crippen molar-refractivity contribution >= 4 is 16.9 Å². The van der Waals surface area contributed by atoms with Gasteiger partial charge in [-0.1, -0.05) is 12.1 Å². The van der Waals surface area contributed by atoms with E-state index in [2.05, 4.69) is 33.6 Å². The molecule has 1 fully saturated rings. The molecule has 6 rings (SSSR count). The van der Waals surface area contributed by atoms with E-state index in [1.807, 2.05) is 55.0 Å². The fraction of sp³-hybridized carbons (Fsp3) is 0.467. The zero-order valence-corrected chi connectivity index (χ0v) is 23.4. The lowest BCUT2D eigenvalue weighted by atomic mass is 9.91. The summed E-state index contributed by atoms with van der Waals surface area (Å²) in [4.78, 5) is 32.8. The van der Waals surface area contributed by atoms with E-state index in [1.54, 1.807) is 4.68 Å². The lowest BCUT2D eigenvalue weighted by molar-refractivity contribution is -0.136. The van der Waals surface area contributed by atoms with Crippen molar-refractivity contribution in [1.82, 2.24) is 34.1 Å². The molecule has 0 bridgehead atoms. The van der Waals surface area contributed by atoms with Crippen molar-refractivity contribution in [2.24, 2.45) is 7.05 Å². The number of fused-ring (bicyclic) bond motifs is 2. The molecule has 40 heavy (non-hydrogen) atoms. The van der Waals surface area contributed by atoms with Gasteiger partial charge in [0.25, 0.3) is 5.56 Å². The number of rotatable bonds is 7. The minimum absolute atomic E-state index is 0.0741. The van der Waals surface area contributed by atoms with Gasteiger partial charge in [-0.15, -0.1) is 0 Å². The van der Waals surface area contributed by atoms with E-state index in [-0.39, 0.29) is 24.1 Å². The number of benzene rings is 1. The molecule has 1 saturated heterocycles. The normalized spacial score (nSPS) is 19.2. The predicted octanol–water partition coefficient (Wildman–Crippen LogP) is 2.81. The summed E-state index contributed by atoms with van der Waals surface area (Å²) in [5, 5.41) is 19.3. The molecular formula is C30H37N7O3. The SMILES string of the molecule is CNC1CCc2cc(-c3c4ncn(CC5(O)CCN(C(=O)CC(C)n6cccc6)CC5)c(=O)c4nn3C)ccc21. The van der Waals surface area contributed by atoms with Gasteiger partial charge in [0.1, 0.15) is 5.52 Å². The lowest BCUT2D eigenvalue weighted by Gasteiger charge is -2.38. The van der Waals surface area contributed by atoms with Gasteiger partial charge in [-0.25, -0.2) is 4.98 Å². The number of aryl methyl sites for hydroxylation is 2. The number of aromatic nitrogens is 5. The topological polar surface area (TPSA) is 110 Å². The van der Waals surface area contributed by atoms with Crippen LogP contribution in [-0.2, 0) is 24.8 Å². The van der Waals surface area contributed by atoms with Crippen molar-refractivity contribution in [2.45, 2.75) is 63.3 Å². The largest absolute Gasteiger partial charge is 0.388 e. The van der Waals surface area contributed by atoms with Crippen molar-refractivity contribution in [1.29, 1.82) is 0 Å². The zero-order chi connectivity index (χ0) is 28.0. The molecule has 4 heterocycles. The molecule has 1 aliphatic heterocycles. The van der Waals surface area contributed by atoms with E-state index >= 15 is 0 Å². The maximum absolute atomic E-state index is 13.5. The van der Waals surface area contributed by atoms with Crippen LogP contribution in [0.25, 0.3) is 22.3 Å². The number of carbonyl (C=O) groups is 1. The molecule has 0 saturated carbocycles. The van der Waals surface area contributed by atoms with Crippen LogP contribution in [-0.4, -0.2) is 65.6 Å². The second-order valence-corrected chi connectivity index (χ2v) is 11.4. The highest BCUT2D eigenvalue weighted by atomic mass is 16.3.